The fourth-order valence-corrected chi connectivity index (χ4v) is 2.84. The van der Waals surface area contributed by atoms with Gasteiger partial charge in [0, 0.05) is 43.5 Å². The number of fused-ring (bicyclic) bond motifs is 1. The summed E-state index contributed by atoms with van der Waals surface area (Å²) in [5.74, 6) is 0.141. The lowest BCUT2D eigenvalue weighted by atomic mass is 9.94. The van der Waals surface area contributed by atoms with Gasteiger partial charge < -0.3 is 15.3 Å². The Morgan fingerprint density at radius 2 is 2.18 bits per heavy atom. The van der Waals surface area contributed by atoms with Crippen LogP contribution < -0.4 is 10.2 Å². The molecule has 0 unspecified atom stereocenters. The summed E-state index contributed by atoms with van der Waals surface area (Å²) in [5.41, 5.74) is 4.98. The van der Waals surface area contributed by atoms with Crippen LogP contribution in [0, 0.1) is 0 Å². The van der Waals surface area contributed by atoms with Gasteiger partial charge in [-0.3, -0.25) is 9.78 Å². The van der Waals surface area contributed by atoms with Gasteiger partial charge in [0.25, 0.3) is 0 Å². The molecule has 0 fully saturated rings. The van der Waals surface area contributed by atoms with E-state index in [0.717, 1.165) is 28.9 Å². The SMILES string of the molecule is CN1C(=O)CCc2cccc(-c3cncc(NCCO)c3)c21. The molecule has 0 atom stereocenters. The summed E-state index contributed by atoms with van der Waals surface area (Å²) in [5, 5.41) is 12.0. The Balaban J connectivity index is 2.04. The van der Waals surface area contributed by atoms with Crippen molar-refractivity contribution in [3.8, 4) is 11.1 Å². The lowest BCUT2D eigenvalue weighted by molar-refractivity contribution is -0.118. The van der Waals surface area contributed by atoms with Crippen molar-refractivity contribution < 1.29 is 9.90 Å². The van der Waals surface area contributed by atoms with Crippen LogP contribution in [-0.2, 0) is 11.2 Å². The van der Waals surface area contributed by atoms with Gasteiger partial charge in [-0.05, 0) is 18.1 Å². The van der Waals surface area contributed by atoms with Crippen LogP contribution in [0.15, 0.2) is 36.7 Å². The topological polar surface area (TPSA) is 65.5 Å². The molecule has 22 heavy (non-hydrogen) atoms. The predicted molar refractivity (Wildman–Crippen MR) is 87.0 cm³/mol. The maximum absolute atomic E-state index is 12.0. The number of benzene rings is 1. The van der Waals surface area contributed by atoms with Crippen LogP contribution >= 0.6 is 0 Å². The summed E-state index contributed by atoms with van der Waals surface area (Å²) >= 11 is 0. The second-order valence-corrected chi connectivity index (χ2v) is 5.38. The summed E-state index contributed by atoms with van der Waals surface area (Å²) < 4.78 is 0. The summed E-state index contributed by atoms with van der Waals surface area (Å²) in [6, 6.07) is 8.10. The molecule has 1 aromatic heterocycles. The van der Waals surface area contributed by atoms with E-state index in [0.29, 0.717) is 13.0 Å². The Hall–Kier alpha value is -2.40. The zero-order valence-electron chi connectivity index (χ0n) is 12.5. The van der Waals surface area contributed by atoms with Gasteiger partial charge in [0.2, 0.25) is 5.91 Å². The van der Waals surface area contributed by atoms with E-state index in [-0.39, 0.29) is 12.5 Å². The van der Waals surface area contributed by atoms with Gasteiger partial charge in [-0.1, -0.05) is 18.2 Å². The highest BCUT2D eigenvalue weighted by molar-refractivity contribution is 6.00. The molecule has 5 nitrogen and oxygen atoms in total. The molecule has 5 heteroatoms. The van der Waals surface area contributed by atoms with Crippen LogP contribution in [0.5, 0.6) is 0 Å². The molecular formula is C17H19N3O2. The van der Waals surface area contributed by atoms with E-state index in [1.54, 1.807) is 17.3 Å². The van der Waals surface area contributed by atoms with E-state index in [4.69, 9.17) is 5.11 Å². The van der Waals surface area contributed by atoms with E-state index in [1.807, 2.05) is 25.2 Å². The highest BCUT2D eigenvalue weighted by atomic mass is 16.3. The molecule has 2 aromatic rings. The Labute approximate surface area is 129 Å². The van der Waals surface area contributed by atoms with Gasteiger partial charge in [-0.15, -0.1) is 0 Å². The van der Waals surface area contributed by atoms with E-state index in [1.165, 1.54) is 5.56 Å². The van der Waals surface area contributed by atoms with Crippen LogP contribution in [-0.4, -0.2) is 36.2 Å². The molecule has 0 radical (unpaired) electrons. The molecule has 0 saturated carbocycles. The number of nitrogens with one attached hydrogen (secondary N) is 1. The average Bonchev–Trinajstić information content (AvgIpc) is 2.56. The van der Waals surface area contributed by atoms with Crippen LogP contribution in [0.3, 0.4) is 0 Å². The average molecular weight is 297 g/mol. The summed E-state index contributed by atoms with van der Waals surface area (Å²) in [7, 11) is 1.82. The number of anilines is 2. The fourth-order valence-electron chi connectivity index (χ4n) is 2.84. The van der Waals surface area contributed by atoms with E-state index < -0.39 is 0 Å². The molecule has 2 heterocycles. The lowest BCUT2D eigenvalue weighted by Gasteiger charge is -2.28. The van der Waals surface area contributed by atoms with Crippen LogP contribution in [0.4, 0.5) is 11.4 Å². The molecule has 0 aliphatic carbocycles. The number of hydrogen-bond donors (Lipinski definition) is 2. The Kier molecular flexibility index (Phi) is 4.06. The molecule has 0 saturated heterocycles. The van der Waals surface area contributed by atoms with E-state index in [2.05, 4.69) is 16.4 Å². The van der Waals surface area contributed by atoms with Crippen LogP contribution in [0.2, 0.25) is 0 Å². The number of aromatic nitrogens is 1. The van der Waals surface area contributed by atoms with Crippen LogP contribution in [0.25, 0.3) is 11.1 Å². The van der Waals surface area contributed by atoms with Gasteiger partial charge in [0.15, 0.2) is 0 Å². The second kappa shape index (κ2) is 6.15. The number of nitrogens with zero attached hydrogens (tertiary/aromatic N) is 2. The number of carbonyl (C=O) groups excluding carboxylic acids is 1. The van der Waals surface area contributed by atoms with Crippen molar-refractivity contribution in [2.24, 2.45) is 0 Å². The Morgan fingerprint density at radius 3 is 3.00 bits per heavy atom. The molecule has 1 aliphatic heterocycles. The largest absolute Gasteiger partial charge is 0.395 e. The van der Waals surface area contributed by atoms with Crippen molar-refractivity contribution in [1.82, 2.24) is 4.98 Å². The molecule has 114 valence electrons. The fraction of sp³-hybridized carbons (Fsp3) is 0.294. The maximum Gasteiger partial charge on any atom is 0.227 e. The molecule has 0 spiro atoms. The predicted octanol–water partition coefficient (Wildman–Crippen LogP) is 2.06. The standard InChI is InChI=1S/C17H19N3O2/c1-20-16(22)6-5-12-3-2-4-15(17(12)20)13-9-14(11-18-10-13)19-7-8-21/h2-4,9-11,19,21H,5-8H2,1H3. The van der Waals surface area contributed by atoms with Crippen molar-refractivity contribution >= 4 is 17.3 Å². The number of aliphatic hydroxyl groups excluding tert-OH is 1. The first-order valence-electron chi connectivity index (χ1n) is 7.39. The Bertz CT molecular complexity index is 700. The summed E-state index contributed by atoms with van der Waals surface area (Å²) in [6.07, 6.45) is 4.86. The number of hydrogen-bond acceptors (Lipinski definition) is 4. The number of pyridine rings is 1. The van der Waals surface area contributed by atoms with Crippen molar-refractivity contribution in [3.63, 3.8) is 0 Å². The number of carbonyl (C=O) groups is 1. The first kappa shape index (κ1) is 14.5. The van der Waals surface area contributed by atoms with Crippen molar-refractivity contribution in [2.75, 3.05) is 30.4 Å². The summed E-state index contributed by atoms with van der Waals surface area (Å²) in [4.78, 5) is 18.0. The molecule has 0 bridgehead atoms. The van der Waals surface area contributed by atoms with Crippen molar-refractivity contribution in [3.05, 3.63) is 42.2 Å². The third-order valence-corrected chi connectivity index (χ3v) is 3.93. The highest BCUT2D eigenvalue weighted by Crippen LogP contribution is 2.37. The lowest BCUT2D eigenvalue weighted by Crippen LogP contribution is -2.31. The molecule has 1 aliphatic rings. The molecule has 3 rings (SSSR count). The molecule has 2 N–H and O–H groups in total. The van der Waals surface area contributed by atoms with Gasteiger partial charge in [0.05, 0.1) is 18.0 Å². The minimum absolute atomic E-state index is 0.0716. The highest BCUT2D eigenvalue weighted by Gasteiger charge is 2.24. The van der Waals surface area contributed by atoms with Crippen molar-refractivity contribution in [2.45, 2.75) is 12.8 Å². The van der Waals surface area contributed by atoms with Crippen LogP contribution in [0.1, 0.15) is 12.0 Å². The number of aryl methyl sites for hydroxylation is 1. The summed E-state index contributed by atoms with van der Waals surface area (Å²) in [6.45, 7) is 0.554. The number of aliphatic hydroxyl groups is 1. The van der Waals surface area contributed by atoms with E-state index >= 15 is 0 Å². The third-order valence-electron chi connectivity index (χ3n) is 3.93. The van der Waals surface area contributed by atoms with E-state index in [9.17, 15) is 4.79 Å². The number of para-hydroxylation sites is 1. The number of rotatable bonds is 4. The second-order valence-electron chi connectivity index (χ2n) is 5.38. The minimum Gasteiger partial charge on any atom is -0.395 e. The van der Waals surface area contributed by atoms with Gasteiger partial charge in [0.1, 0.15) is 0 Å². The Morgan fingerprint density at radius 1 is 1.32 bits per heavy atom. The maximum atomic E-state index is 12.0. The van der Waals surface area contributed by atoms with Gasteiger partial charge >= 0.3 is 0 Å². The number of amides is 1. The van der Waals surface area contributed by atoms with Crippen molar-refractivity contribution in [1.29, 1.82) is 0 Å². The van der Waals surface area contributed by atoms with Gasteiger partial charge in [-0.2, -0.15) is 0 Å². The minimum atomic E-state index is 0.0716. The smallest absolute Gasteiger partial charge is 0.227 e. The normalized spacial score (nSPS) is 13.9. The van der Waals surface area contributed by atoms with Gasteiger partial charge in [-0.25, -0.2) is 0 Å². The molecule has 1 amide bonds. The first-order valence-corrected chi connectivity index (χ1v) is 7.39. The zero-order valence-corrected chi connectivity index (χ0v) is 12.5. The quantitative estimate of drug-likeness (QED) is 0.906. The first-order chi connectivity index (χ1) is 10.7. The third kappa shape index (κ3) is 2.67. The monoisotopic (exact) mass is 297 g/mol. The zero-order chi connectivity index (χ0) is 15.5. The molecule has 1 aromatic carbocycles. The molecular weight excluding hydrogens is 278 g/mol.